The summed E-state index contributed by atoms with van der Waals surface area (Å²) in [6, 6.07) is 15.7. The van der Waals surface area contributed by atoms with Crippen LogP contribution in [0.1, 0.15) is 16.1 Å². The monoisotopic (exact) mass is 368 g/mol. The van der Waals surface area contributed by atoms with Crippen LogP contribution in [0.15, 0.2) is 66.0 Å². The van der Waals surface area contributed by atoms with Crippen molar-refractivity contribution in [3.63, 3.8) is 0 Å². The topological polar surface area (TPSA) is 34.0 Å². The molecule has 6 heteroatoms. The number of rotatable bonds is 4. The number of nitrogens with one attached hydrogen (secondary N) is 1. The lowest BCUT2D eigenvalue weighted by Gasteiger charge is -2.11. The van der Waals surface area contributed by atoms with Crippen LogP contribution in [-0.2, 0) is 6.54 Å². The third kappa shape index (κ3) is 3.23. The molecule has 0 saturated carbocycles. The number of nitrogens with zero attached hydrogens (tertiary/aromatic N) is 1. The number of fused-ring (bicyclic) bond motifs is 1. The van der Waals surface area contributed by atoms with Crippen LogP contribution < -0.4 is 5.32 Å². The molecule has 0 atom stereocenters. The molecule has 0 saturated heterocycles. The van der Waals surface area contributed by atoms with E-state index >= 15 is 0 Å². The quantitative estimate of drug-likeness (QED) is 0.522. The highest BCUT2D eigenvalue weighted by molar-refractivity contribution is 7.17. The van der Waals surface area contributed by atoms with Crippen LogP contribution in [0, 0.1) is 11.6 Å². The highest BCUT2D eigenvalue weighted by Gasteiger charge is 2.17. The van der Waals surface area contributed by atoms with Crippen molar-refractivity contribution in [3.8, 4) is 0 Å². The Labute approximate surface area is 152 Å². The molecule has 0 spiro atoms. The minimum Gasteiger partial charge on any atom is -0.331 e. The van der Waals surface area contributed by atoms with Gasteiger partial charge in [0.15, 0.2) is 0 Å². The zero-order chi connectivity index (χ0) is 18.1. The molecule has 2 heterocycles. The molecule has 26 heavy (non-hydrogen) atoms. The molecular formula is C20H14F2N2OS. The predicted molar refractivity (Wildman–Crippen MR) is 99.7 cm³/mol. The molecule has 1 amide bonds. The Bertz CT molecular complexity index is 1080. The van der Waals surface area contributed by atoms with E-state index in [0.717, 1.165) is 15.8 Å². The molecule has 4 aromatic rings. The molecule has 1 N–H and O–H groups in total. The minimum absolute atomic E-state index is 0.295. The number of hydrogen-bond donors (Lipinski definition) is 1. The summed E-state index contributed by atoms with van der Waals surface area (Å²) in [6.45, 7) is 0.379. The van der Waals surface area contributed by atoms with E-state index in [1.165, 1.54) is 47.7 Å². The zero-order valence-electron chi connectivity index (χ0n) is 13.6. The normalized spacial score (nSPS) is 11.0. The van der Waals surface area contributed by atoms with Crippen molar-refractivity contribution in [2.45, 2.75) is 6.54 Å². The second-order valence-electron chi connectivity index (χ2n) is 5.88. The average Bonchev–Trinajstić information content (AvgIpc) is 3.20. The fourth-order valence-electron chi connectivity index (χ4n) is 2.88. The van der Waals surface area contributed by atoms with E-state index in [9.17, 15) is 13.6 Å². The maximum absolute atomic E-state index is 13.5. The molecule has 3 nitrogen and oxygen atoms in total. The Morgan fingerprint density at radius 3 is 2.58 bits per heavy atom. The fraction of sp³-hybridized carbons (Fsp3) is 0.0500. The van der Waals surface area contributed by atoms with E-state index in [0.29, 0.717) is 17.9 Å². The van der Waals surface area contributed by atoms with Gasteiger partial charge in [0.1, 0.15) is 17.3 Å². The van der Waals surface area contributed by atoms with Gasteiger partial charge in [-0.05, 0) is 59.5 Å². The van der Waals surface area contributed by atoms with Crippen molar-refractivity contribution in [2.24, 2.45) is 0 Å². The second-order valence-corrected chi connectivity index (χ2v) is 6.82. The van der Waals surface area contributed by atoms with Crippen LogP contribution in [-0.4, -0.2) is 10.5 Å². The lowest BCUT2D eigenvalue weighted by atomic mass is 10.2. The molecule has 0 radical (unpaired) electrons. The zero-order valence-corrected chi connectivity index (χ0v) is 14.4. The number of benzene rings is 2. The van der Waals surface area contributed by atoms with Crippen molar-refractivity contribution in [2.75, 3.05) is 5.32 Å². The Balaban J connectivity index is 1.69. The Hall–Kier alpha value is -2.99. The number of carbonyl (C=O) groups excluding carboxylic acids is 1. The van der Waals surface area contributed by atoms with Crippen LogP contribution in [0.2, 0.25) is 0 Å². The fourth-order valence-corrected chi connectivity index (χ4v) is 3.70. The summed E-state index contributed by atoms with van der Waals surface area (Å²) >= 11 is 1.54. The summed E-state index contributed by atoms with van der Waals surface area (Å²) in [4.78, 5) is 12.7. The van der Waals surface area contributed by atoms with Crippen molar-refractivity contribution >= 4 is 33.1 Å². The van der Waals surface area contributed by atoms with Crippen LogP contribution in [0.5, 0.6) is 0 Å². The molecule has 0 bridgehead atoms. The lowest BCUT2D eigenvalue weighted by molar-refractivity contribution is 0.101. The van der Waals surface area contributed by atoms with Crippen molar-refractivity contribution in [3.05, 3.63) is 88.9 Å². The molecule has 2 aromatic carbocycles. The number of hydrogen-bond acceptors (Lipinski definition) is 2. The summed E-state index contributed by atoms with van der Waals surface area (Å²) in [5, 5.41) is 4.73. The van der Waals surface area contributed by atoms with Gasteiger partial charge in [-0.3, -0.25) is 4.79 Å². The van der Waals surface area contributed by atoms with Gasteiger partial charge < -0.3 is 9.88 Å². The number of halogens is 2. The van der Waals surface area contributed by atoms with Gasteiger partial charge in [0.05, 0.1) is 10.2 Å². The van der Waals surface area contributed by atoms with Gasteiger partial charge in [-0.2, -0.15) is 0 Å². The van der Waals surface area contributed by atoms with E-state index in [2.05, 4.69) is 5.32 Å². The summed E-state index contributed by atoms with van der Waals surface area (Å²) in [6.07, 6.45) is 0. The first kappa shape index (κ1) is 16.5. The SMILES string of the molecule is O=C(Nc1ccc(F)cc1)c1cc2sccc2n1Cc1cccc(F)c1. The van der Waals surface area contributed by atoms with Crippen LogP contribution in [0.4, 0.5) is 14.5 Å². The number of anilines is 1. The lowest BCUT2D eigenvalue weighted by Crippen LogP contribution is -2.17. The molecule has 0 aliphatic rings. The molecule has 130 valence electrons. The van der Waals surface area contributed by atoms with Crippen molar-refractivity contribution in [1.82, 2.24) is 4.57 Å². The third-order valence-corrected chi connectivity index (χ3v) is 4.94. The molecule has 2 aromatic heterocycles. The van der Waals surface area contributed by atoms with Gasteiger partial charge in [-0.1, -0.05) is 12.1 Å². The first-order valence-electron chi connectivity index (χ1n) is 7.98. The largest absolute Gasteiger partial charge is 0.331 e. The van der Waals surface area contributed by atoms with Gasteiger partial charge >= 0.3 is 0 Å². The highest BCUT2D eigenvalue weighted by Crippen LogP contribution is 2.27. The smallest absolute Gasteiger partial charge is 0.272 e. The van der Waals surface area contributed by atoms with Crippen LogP contribution in [0.25, 0.3) is 10.2 Å². The van der Waals surface area contributed by atoms with E-state index in [1.54, 1.807) is 6.07 Å². The number of thiophene rings is 1. The number of amides is 1. The van der Waals surface area contributed by atoms with Gasteiger partial charge in [0, 0.05) is 12.2 Å². The summed E-state index contributed by atoms with van der Waals surface area (Å²) < 4.78 is 29.4. The Morgan fingerprint density at radius 1 is 1.00 bits per heavy atom. The van der Waals surface area contributed by atoms with E-state index < -0.39 is 0 Å². The first-order valence-corrected chi connectivity index (χ1v) is 8.86. The number of aromatic nitrogens is 1. The van der Waals surface area contributed by atoms with Gasteiger partial charge in [0.25, 0.3) is 5.91 Å². The first-order chi connectivity index (χ1) is 12.6. The second kappa shape index (κ2) is 6.72. The van der Waals surface area contributed by atoms with E-state index in [4.69, 9.17) is 0 Å². The molecule has 0 aliphatic heterocycles. The van der Waals surface area contributed by atoms with E-state index in [-0.39, 0.29) is 17.5 Å². The Kier molecular flexibility index (Phi) is 4.26. The van der Waals surface area contributed by atoms with Gasteiger partial charge in [0.2, 0.25) is 0 Å². The molecule has 4 rings (SSSR count). The molecule has 0 aliphatic carbocycles. The average molecular weight is 368 g/mol. The van der Waals surface area contributed by atoms with Gasteiger partial charge in [-0.15, -0.1) is 11.3 Å². The Morgan fingerprint density at radius 2 is 1.81 bits per heavy atom. The summed E-state index contributed by atoms with van der Waals surface area (Å²) in [5.74, 6) is -0.970. The van der Waals surface area contributed by atoms with Gasteiger partial charge in [-0.25, -0.2) is 8.78 Å². The predicted octanol–water partition coefficient (Wildman–Crippen LogP) is 5.28. The molecular weight excluding hydrogens is 354 g/mol. The maximum Gasteiger partial charge on any atom is 0.272 e. The summed E-state index contributed by atoms with van der Waals surface area (Å²) in [5.41, 5.74) is 2.67. The minimum atomic E-state index is -0.363. The maximum atomic E-state index is 13.5. The van der Waals surface area contributed by atoms with Crippen LogP contribution in [0.3, 0.4) is 0 Å². The molecule has 0 unspecified atom stereocenters. The summed E-state index contributed by atoms with van der Waals surface area (Å²) in [7, 11) is 0. The third-order valence-electron chi connectivity index (χ3n) is 4.09. The van der Waals surface area contributed by atoms with Crippen molar-refractivity contribution in [1.29, 1.82) is 0 Å². The van der Waals surface area contributed by atoms with Crippen molar-refractivity contribution < 1.29 is 13.6 Å². The standard InChI is InChI=1S/C20H14F2N2OS/c21-14-4-6-16(7-5-14)23-20(25)18-11-19-17(8-9-26-19)24(18)12-13-2-1-3-15(22)10-13/h1-11H,12H2,(H,23,25). The van der Waals surface area contributed by atoms with Crippen LogP contribution >= 0.6 is 11.3 Å². The van der Waals surface area contributed by atoms with E-state index in [1.807, 2.05) is 28.1 Å². The molecule has 0 fully saturated rings. The highest BCUT2D eigenvalue weighted by atomic mass is 32.1. The number of carbonyl (C=O) groups is 1.